The van der Waals surface area contributed by atoms with Crippen LogP contribution in [0.5, 0.6) is 0 Å². The smallest absolute Gasteiger partial charge is 0.336 e. The maximum Gasteiger partial charge on any atom is 0.336 e. The second-order valence-corrected chi connectivity index (χ2v) is 1.07. The zero-order valence-electron chi connectivity index (χ0n) is 4.70. The summed E-state index contributed by atoms with van der Waals surface area (Å²) in [6.45, 7) is 3.15. The van der Waals surface area contributed by atoms with Crippen molar-refractivity contribution in [2.24, 2.45) is 0 Å². The molecule has 0 heterocycles. The van der Waals surface area contributed by atoms with Crippen molar-refractivity contribution < 1.29 is 9.53 Å². The lowest BCUT2D eigenvalue weighted by atomic mass is 10.5. The summed E-state index contributed by atoms with van der Waals surface area (Å²) >= 11 is 0. The predicted molar refractivity (Wildman–Crippen MR) is 31.0 cm³/mol. The van der Waals surface area contributed by atoms with Gasteiger partial charge in [0.15, 0.2) is 0 Å². The van der Waals surface area contributed by atoms with Crippen molar-refractivity contribution in [1.29, 1.82) is 5.26 Å². The molecule has 3 heteroatoms. The monoisotopic (exact) mass is 123 g/mol. The van der Waals surface area contributed by atoms with E-state index in [1.807, 2.05) is 0 Å². The van der Waals surface area contributed by atoms with Crippen molar-refractivity contribution in [2.45, 2.75) is 0 Å². The van der Waals surface area contributed by atoms with Crippen LogP contribution < -0.4 is 0 Å². The van der Waals surface area contributed by atoms with Gasteiger partial charge in [-0.3, -0.25) is 0 Å². The topological polar surface area (TPSA) is 50.1 Å². The van der Waals surface area contributed by atoms with Crippen LogP contribution in [-0.2, 0) is 9.53 Å². The van der Waals surface area contributed by atoms with Crippen molar-refractivity contribution >= 4 is 5.97 Å². The van der Waals surface area contributed by atoms with Crippen molar-refractivity contribution in [3.63, 3.8) is 0 Å². The number of carbonyl (C=O) groups excluding carboxylic acids is 1. The van der Waals surface area contributed by atoms with Crippen LogP contribution in [0.3, 0.4) is 0 Å². The van der Waals surface area contributed by atoms with Crippen molar-refractivity contribution in [3.8, 4) is 6.07 Å². The average molecular weight is 123 g/mol. The third-order valence-corrected chi connectivity index (χ3v) is 0.493. The van der Waals surface area contributed by atoms with Crippen molar-refractivity contribution in [1.82, 2.24) is 0 Å². The van der Waals surface area contributed by atoms with Crippen LogP contribution >= 0.6 is 0 Å². The van der Waals surface area contributed by atoms with Gasteiger partial charge < -0.3 is 4.74 Å². The first kappa shape index (κ1) is 7.44. The molecule has 0 N–H and O–H groups in total. The Hall–Kier alpha value is -1.56. The van der Waals surface area contributed by atoms with Crippen molar-refractivity contribution in [3.05, 3.63) is 25.0 Å². The minimum atomic E-state index is -0.591. The number of rotatable bonds is 2. The first-order valence-electron chi connectivity index (χ1n) is 2.19. The van der Waals surface area contributed by atoms with Gasteiger partial charge in [-0.1, -0.05) is 6.58 Å². The summed E-state index contributed by atoms with van der Waals surface area (Å²) in [4.78, 5) is 10.3. The summed E-state index contributed by atoms with van der Waals surface area (Å²) in [5, 5.41) is 7.91. The van der Waals surface area contributed by atoms with Gasteiger partial charge in [0.05, 0.1) is 12.3 Å². The molecule has 0 saturated carbocycles. The third-order valence-electron chi connectivity index (χ3n) is 0.493. The van der Waals surface area contributed by atoms with Crippen LogP contribution in [0.25, 0.3) is 0 Å². The summed E-state index contributed by atoms with van der Waals surface area (Å²) in [7, 11) is 0. The summed E-state index contributed by atoms with van der Waals surface area (Å²) in [6, 6.07) is 1.64. The molecule has 0 spiro atoms. The van der Waals surface area contributed by atoms with Crippen LogP contribution in [0.4, 0.5) is 0 Å². The van der Waals surface area contributed by atoms with Crippen LogP contribution in [0, 0.1) is 11.3 Å². The fourth-order valence-corrected chi connectivity index (χ4v) is 0.227. The van der Waals surface area contributed by atoms with E-state index in [1.54, 1.807) is 6.07 Å². The van der Waals surface area contributed by atoms with E-state index in [0.29, 0.717) is 0 Å². The Morgan fingerprint density at radius 2 is 2.44 bits per heavy atom. The normalized spacial score (nSPS) is 8.33. The van der Waals surface area contributed by atoms with E-state index in [4.69, 9.17) is 5.26 Å². The first-order valence-corrected chi connectivity index (χ1v) is 2.19. The second kappa shape index (κ2) is 4.60. The maximum atomic E-state index is 10.3. The minimum absolute atomic E-state index is 0.591. The Morgan fingerprint density at radius 1 is 1.78 bits per heavy atom. The quantitative estimate of drug-likeness (QED) is 0.235. The summed E-state index contributed by atoms with van der Waals surface area (Å²) in [5.74, 6) is -0.591. The van der Waals surface area contributed by atoms with Gasteiger partial charge in [-0.2, -0.15) is 5.26 Å². The fraction of sp³-hybridized carbons (Fsp3) is 0. The summed E-state index contributed by atoms with van der Waals surface area (Å²) in [6.07, 6.45) is 3.05. The maximum absolute atomic E-state index is 10.3. The fourth-order valence-electron chi connectivity index (χ4n) is 0.227. The number of hydrogen-bond donors (Lipinski definition) is 0. The lowest BCUT2D eigenvalue weighted by Crippen LogP contribution is -1.91. The molecule has 0 aliphatic rings. The van der Waals surface area contributed by atoms with Gasteiger partial charge in [-0.05, 0) is 0 Å². The number of carbonyl (C=O) groups is 1. The molecule has 0 aliphatic heterocycles. The Bertz CT molecular complexity index is 176. The lowest BCUT2D eigenvalue weighted by molar-refractivity contribution is -0.132. The van der Waals surface area contributed by atoms with Gasteiger partial charge in [0.1, 0.15) is 0 Å². The van der Waals surface area contributed by atoms with Gasteiger partial charge in [0, 0.05) is 12.2 Å². The molecule has 0 aliphatic carbocycles. The highest BCUT2D eigenvalue weighted by Gasteiger charge is 1.88. The summed E-state index contributed by atoms with van der Waals surface area (Å²) in [5.41, 5.74) is 0. The van der Waals surface area contributed by atoms with E-state index < -0.39 is 5.97 Å². The zero-order chi connectivity index (χ0) is 7.11. The molecule has 0 radical (unpaired) electrons. The molecule has 0 unspecified atom stereocenters. The van der Waals surface area contributed by atoms with E-state index in [9.17, 15) is 4.79 Å². The van der Waals surface area contributed by atoms with Crippen LogP contribution in [0.2, 0.25) is 0 Å². The Labute approximate surface area is 52.9 Å². The summed E-state index contributed by atoms with van der Waals surface area (Å²) < 4.78 is 4.23. The van der Waals surface area contributed by atoms with Crippen LogP contribution in [-0.4, -0.2) is 5.97 Å². The molecule has 46 valence electrons. The molecule has 9 heavy (non-hydrogen) atoms. The van der Waals surface area contributed by atoms with Crippen molar-refractivity contribution in [2.75, 3.05) is 0 Å². The highest BCUT2D eigenvalue weighted by atomic mass is 16.5. The van der Waals surface area contributed by atoms with E-state index in [0.717, 1.165) is 18.4 Å². The van der Waals surface area contributed by atoms with Gasteiger partial charge >= 0.3 is 5.97 Å². The van der Waals surface area contributed by atoms with E-state index in [1.165, 1.54) is 0 Å². The lowest BCUT2D eigenvalue weighted by Gasteiger charge is -1.85. The van der Waals surface area contributed by atoms with E-state index in [2.05, 4.69) is 11.3 Å². The highest BCUT2D eigenvalue weighted by molar-refractivity contribution is 5.82. The number of allylic oxidation sites excluding steroid dienone is 1. The molecule has 3 nitrogen and oxygen atoms in total. The Kier molecular flexibility index (Phi) is 3.80. The SMILES string of the molecule is C=COC(=O)C=CC#N. The number of nitrogens with zero attached hydrogens (tertiary/aromatic N) is 1. The molecule has 0 saturated heterocycles. The van der Waals surface area contributed by atoms with E-state index in [-0.39, 0.29) is 0 Å². The highest BCUT2D eigenvalue weighted by Crippen LogP contribution is 1.79. The molecular weight excluding hydrogens is 118 g/mol. The molecule has 0 aromatic heterocycles. The molecule has 0 amide bonds. The Balaban J connectivity index is 3.66. The predicted octanol–water partition coefficient (Wildman–Crippen LogP) is 0.753. The number of esters is 1. The Morgan fingerprint density at radius 3 is 2.89 bits per heavy atom. The van der Waals surface area contributed by atoms with Gasteiger partial charge in [0.2, 0.25) is 0 Å². The molecule has 0 atom stereocenters. The molecule has 0 aromatic rings. The number of hydrogen-bond acceptors (Lipinski definition) is 3. The molecule has 0 rings (SSSR count). The molecule has 0 aromatic carbocycles. The van der Waals surface area contributed by atoms with Crippen LogP contribution in [0.15, 0.2) is 25.0 Å². The molecule has 0 fully saturated rings. The largest absolute Gasteiger partial charge is 0.432 e. The second-order valence-electron chi connectivity index (χ2n) is 1.07. The average Bonchev–Trinajstić information content (AvgIpc) is 1.85. The standard InChI is InChI=1S/C6H5NO2/c1-2-9-6(8)4-3-5-7/h2-4H,1H2. The first-order chi connectivity index (χ1) is 4.31. The van der Waals surface area contributed by atoms with Gasteiger partial charge in [-0.25, -0.2) is 4.79 Å². The minimum Gasteiger partial charge on any atom is -0.432 e. The number of nitriles is 1. The molecule has 0 bridgehead atoms. The zero-order valence-corrected chi connectivity index (χ0v) is 4.70. The van der Waals surface area contributed by atoms with Gasteiger partial charge in [-0.15, -0.1) is 0 Å². The molecular formula is C6H5NO2. The van der Waals surface area contributed by atoms with E-state index >= 15 is 0 Å². The van der Waals surface area contributed by atoms with Crippen LogP contribution in [0.1, 0.15) is 0 Å². The number of ether oxygens (including phenoxy) is 1. The van der Waals surface area contributed by atoms with Gasteiger partial charge in [0.25, 0.3) is 0 Å². The third kappa shape index (κ3) is 4.29.